The molecule has 1 spiro atoms. The Hall–Kier alpha value is -0.950. The molecule has 36 heavy (non-hydrogen) atoms. The molecule has 0 aromatic heterocycles. The lowest BCUT2D eigenvalue weighted by Gasteiger charge is -2.71. The lowest BCUT2D eigenvalue weighted by Crippen LogP contribution is -2.69. The first-order valence-corrected chi connectivity index (χ1v) is 14.2. The molecule has 5 aliphatic carbocycles. The molecule has 0 aromatic rings. The predicted octanol–water partition coefficient (Wildman–Crippen LogP) is 3.60. The number of hydrogen-bond acceptors (Lipinski definition) is 6. The SMILES string of the molecule is CC1(C)[C@H]2CC[C@]3(C)[C@@H](CC=C4[C@@H]5C[C@@](C)(CO)[C@@H](O)[C@H](O)[C@]56C[C@@H](OC6=O)[C@]43C)[C@@]2(C)CC[C@@H]1O. The van der Waals surface area contributed by atoms with Crippen molar-refractivity contribution in [3.8, 4) is 0 Å². The van der Waals surface area contributed by atoms with Crippen LogP contribution < -0.4 is 0 Å². The Morgan fingerprint density at radius 2 is 1.64 bits per heavy atom. The number of aliphatic hydroxyl groups excluding tert-OH is 4. The molecule has 0 radical (unpaired) electrons. The van der Waals surface area contributed by atoms with Crippen molar-refractivity contribution in [2.24, 2.45) is 50.2 Å². The molecule has 1 heterocycles. The fourth-order valence-electron chi connectivity index (χ4n) is 11.2. The molecule has 6 heteroatoms. The first kappa shape index (κ1) is 25.3. The summed E-state index contributed by atoms with van der Waals surface area (Å²) in [5.41, 5.74) is -1.32. The Morgan fingerprint density at radius 3 is 2.31 bits per heavy atom. The predicted molar refractivity (Wildman–Crippen MR) is 135 cm³/mol. The second kappa shape index (κ2) is 7.16. The van der Waals surface area contributed by atoms with Crippen molar-refractivity contribution in [1.82, 2.24) is 0 Å². The second-order valence-electron chi connectivity index (χ2n) is 15.1. The molecule has 6 nitrogen and oxygen atoms in total. The molecule has 4 saturated carbocycles. The summed E-state index contributed by atoms with van der Waals surface area (Å²) in [4.78, 5) is 13.6. The van der Waals surface area contributed by atoms with Crippen LogP contribution in [-0.2, 0) is 9.53 Å². The zero-order valence-corrected chi connectivity index (χ0v) is 22.9. The van der Waals surface area contributed by atoms with Gasteiger partial charge in [0.05, 0.1) is 24.9 Å². The van der Waals surface area contributed by atoms with Crippen molar-refractivity contribution in [2.75, 3.05) is 6.61 Å². The minimum atomic E-state index is -1.25. The van der Waals surface area contributed by atoms with E-state index in [0.717, 1.165) is 32.1 Å². The minimum absolute atomic E-state index is 0.0831. The van der Waals surface area contributed by atoms with Gasteiger partial charge in [-0.25, -0.2) is 0 Å². The van der Waals surface area contributed by atoms with E-state index in [1.807, 2.05) is 6.92 Å². The maximum absolute atomic E-state index is 13.6. The number of hydrogen-bond donors (Lipinski definition) is 4. The van der Waals surface area contributed by atoms with Gasteiger partial charge in [-0.05, 0) is 66.6 Å². The highest BCUT2D eigenvalue weighted by Gasteiger charge is 2.78. The van der Waals surface area contributed by atoms with Gasteiger partial charge in [-0.1, -0.05) is 53.2 Å². The van der Waals surface area contributed by atoms with Crippen molar-refractivity contribution in [2.45, 2.75) is 111 Å². The molecule has 5 fully saturated rings. The number of ether oxygens (including phenoxy) is 1. The highest BCUT2D eigenvalue weighted by atomic mass is 16.6. The topological polar surface area (TPSA) is 107 Å². The third-order valence-corrected chi connectivity index (χ3v) is 13.8. The lowest BCUT2D eigenvalue weighted by atomic mass is 9.33. The minimum Gasteiger partial charge on any atom is -0.461 e. The van der Waals surface area contributed by atoms with Crippen molar-refractivity contribution >= 4 is 5.97 Å². The number of fused-ring (bicyclic) bond motifs is 8. The van der Waals surface area contributed by atoms with E-state index in [1.165, 1.54) is 5.57 Å². The van der Waals surface area contributed by atoms with Gasteiger partial charge in [0.1, 0.15) is 11.5 Å². The van der Waals surface area contributed by atoms with E-state index in [9.17, 15) is 25.2 Å². The zero-order chi connectivity index (χ0) is 26.3. The normalized spacial score (nSPS) is 59.1. The number of carbonyl (C=O) groups is 1. The first-order valence-electron chi connectivity index (χ1n) is 14.2. The van der Waals surface area contributed by atoms with Gasteiger partial charge < -0.3 is 25.2 Å². The lowest BCUT2D eigenvalue weighted by molar-refractivity contribution is -0.222. The van der Waals surface area contributed by atoms with Crippen LogP contribution in [0.4, 0.5) is 0 Å². The molecule has 1 saturated heterocycles. The number of rotatable bonds is 1. The van der Waals surface area contributed by atoms with Crippen LogP contribution in [0.2, 0.25) is 0 Å². The number of esters is 1. The molecule has 0 unspecified atom stereocenters. The summed E-state index contributed by atoms with van der Waals surface area (Å²) in [6.45, 7) is 13.2. The van der Waals surface area contributed by atoms with Gasteiger partial charge in [0.15, 0.2) is 0 Å². The maximum Gasteiger partial charge on any atom is 0.315 e. The molecule has 4 N–H and O–H groups in total. The van der Waals surface area contributed by atoms with E-state index >= 15 is 0 Å². The fraction of sp³-hybridized carbons (Fsp3) is 0.900. The average molecular weight is 503 g/mol. The maximum atomic E-state index is 13.6. The summed E-state index contributed by atoms with van der Waals surface area (Å²) >= 11 is 0. The van der Waals surface area contributed by atoms with Gasteiger partial charge >= 0.3 is 5.97 Å². The van der Waals surface area contributed by atoms with Gasteiger partial charge in [0, 0.05) is 23.2 Å². The second-order valence-corrected chi connectivity index (χ2v) is 15.1. The number of allylic oxidation sites excluding steroid dienone is 1. The van der Waals surface area contributed by atoms with E-state index in [-0.39, 0.29) is 52.4 Å². The van der Waals surface area contributed by atoms with Crippen LogP contribution in [0.1, 0.15) is 86.5 Å². The van der Waals surface area contributed by atoms with Gasteiger partial charge in [-0.2, -0.15) is 0 Å². The Kier molecular flexibility index (Phi) is 5.04. The first-order chi connectivity index (χ1) is 16.6. The van der Waals surface area contributed by atoms with Gasteiger partial charge in [-0.15, -0.1) is 0 Å². The molecule has 1 aliphatic heterocycles. The highest BCUT2D eigenvalue weighted by Crippen LogP contribution is 2.77. The van der Waals surface area contributed by atoms with E-state index in [0.29, 0.717) is 24.7 Å². The largest absolute Gasteiger partial charge is 0.461 e. The Balaban J connectivity index is 1.50. The molecule has 0 aromatic carbocycles. The van der Waals surface area contributed by atoms with E-state index in [4.69, 9.17) is 4.74 Å². The van der Waals surface area contributed by atoms with Crippen LogP contribution >= 0.6 is 0 Å². The van der Waals surface area contributed by atoms with E-state index < -0.39 is 23.0 Å². The van der Waals surface area contributed by atoms with Crippen LogP contribution in [0.25, 0.3) is 0 Å². The zero-order valence-electron chi connectivity index (χ0n) is 22.9. The summed E-state index contributed by atoms with van der Waals surface area (Å²) in [5.74, 6) is 0.211. The molecule has 2 bridgehead atoms. The molecular weight excluding hydrogens is 456 g/mol. The Labute approximate surface area is 215 Å². The standard InChI is InChI=1S/C30H46O6/c1-25(2)18-9-12-28(5)19(27(18,4)11-10-20(25)32)8-7-16-17-13-26(3,15-31)22(33)23(34)30(17)14-21(29(16,28)6)36-24(30)35/h7,17-23,31-34H,8-15H2,1-6H3/t17-,18+,19-,20-,21+,22-,23-,26-,27-,28+,29-,30-/m0/s1. The molecule has 0 amide bonds. The van der Waals surface area contributed by atoms with Crippen LogP contribution in [0, 0.1) is 50.2 Å². The molecule has 6 aliphatic rings. The summed E-state index contributed by atoms with van der Waals surface area (Å²) < 4.78 is 6.23. The Bertz CT molecular complexity index is 1020. The third-order valence-electron chi connectivity index (χ3n) is 13.8. The van der Waals surface area contributed by atoms with Gasteiger partial charge in [0.2, 0.25) is 0 Å². The molecular formula is C30H46O6. The van der Waals surface area contributed by atoms with Crippen molar-refractivity contribution in [3.05, 3.63) is 11.6 Å². The monoisotopic (exact) mass is 502 g/mol. The fourth-order valence-corrected chi connectivity index (χ4v) is 11.2. The smallest absolute Gasteiger partial charge is 0.315 e. The quantitative estimate of drug-likeness (QED) is 0.322. The van der Waals surface area contributed by atoms with Crippen LogP contribution in [-0.4, -0.2) is 57.4 Å². The average Bonchev–Trinajstić information content (AvgIpc) is 3.14. The van der Waals surface area contributed by atoms with Crippen molar-refractivity contribution in [3.63, 3.8) is 0 Å². The van der Waals surface area contributed by atoms with Crippen LogP contribution in [0.15, 0.2) is 11.6 Å². The van der Waals surface area contributed by atoms with Crippen LogP contribution in [0.5, 0.6) is 0 Å². The summed E-state index contributed by atoms with van der Waals surface area (Å²) in [7, 11) is 0. The third kappa shape index (κ3) is 2.52. The summed E-state index contributed by atoms with van der Waals surface area (Å²) in [6, 6.07) is 0. The van der Waals surface area contributed by atoms with Crippen LogP contribution in [0.3, 0.4) is 0 Å². The van der Waals surface area contributed by atoms with E-state index in [1.54, 1.807) is 0 Å². The number of carbonyl (C=O) groups excluding carboxylic acids is 1. The molecule has 202 valence electrons. The van der Waals surface area contributed by atoms with Crippen molar-refractivity contribution < 1.29 is 30.0 Å². The summed E-state index contributed by atoms with van der Waals surface area (Å²) in [5, 5.41) is 43.6. The summed E-state index contributed by atoms with van der Waals surface area (Å²) in [6.07, 6.45) is 5.03. The van der Waals surface area contributed by atoms with Crippen molar-refractivity contribution in [1.29, 1.82) is 0 Å². The molecule has 12 atom stereocenters. The number of aliphatic hydroxyl groups is 4. The van der Waals surface area contributed by atoms with Gasteiger partial charge in [0.25, 0.3) is 0 Å². The Morgan fingerprint density at radius 1 is 0.944 bits per heavy atom. The molecule has 6 rings (SSSR count). The van der Waals surface area contributed by atoms with Gasteiger partial charge in [-0.3, -0.25) is 4.79 Å². The highest BCUT2D eigenvalue weighted by molar-refractivity contribution is 5.83. The van der Waals surface area contributed by atoms with E-state index in [2.05, 4.69) is 40.7 Å².